The highest BCUT2D eigenvalue weighted by Gasteiger charge is 2.45. The molecule has 0 atom stereocenters. The maximum atomic E-state index is 11.8. The SMILES string of the molecule is O=C(CC1(C(=O)O)CCC1)NCCCC1CCCCC1. The van der Waals surface area contributed by atoms with E-state index in [-0.39, 0.29) is 12.3 Å². The van der Waals surface area contributed by atoms with Gasteiger partial charge in [-0.05, 0) is 31.6 Å². The van der Waals surface area contributed by atoms with Gasteiger partial charge in [0.05, 0.1) is 5.41 Å². The summed E-state index contributed by atoms with van der Waals surface area (Å²) in [7, 11) is 0. The van der Waals surface area contributed by atoms with Crippen LogP contribution >= 0.6 is 0 Å². The van der Waals surface area contributed by atoms with E-state index in [1.165, 1.54) is 38.5 Å². The molecule has 0 heterocycles. The van der Waals surface area contributed by atoms with Crippen molar-refractivity contribution in [3.63, 3.8) is 0 Å². The number of hydrogen-bond acceptors (Lipinski definition) is 2. The third-order valence-corrected chi connectivity index (χ3v) is 5.10. The molecule has 4 heteroatoms. The molecule has 2 aliphatic carbocycles. The molecule has 0 aromatic rings. The Kier molecular flexibility index (Phi) is 5.44. The second kappa shape index (κ2) is 7.09. The van der Waals surface area contributed by atoms with Gasteiger partial charge in [0.1, 0.15) is 0 Å². The summed E-state index contributed by atoms with van der Waals surface area (Å²) in [4.78, 5) is 23.0. The van der Waals surface area contributed by atoms with Gasteiger partial charge < -0.3 is 10.4 Å². The highest BCUT2D eigenvalue weighted by molar-refractivity contribution is 5.85. The third kappa shape index (κ3) is 3.97. The molecule has 0 aliphatic heterocycles. The molecule has 2 saturated carbocycles. The molecule has 114 valence electrons. The average molecular weight is 281 g/mol. The quantitative estimate of drug-likeness (QED) is 0.705. The van der Waals surface area contributed by atoms with Crippen LogP contribution in [0.15, 0.2) is 0 Å². The van der Waals surface area contributed by atoms with Crippen LogP contribution in [-0.2, 0) is 9.59 Å². The Labute approximate surface area is 121 Å². The van der Waals surface area contributed by atoms with Crippen molar-refractivity contribution >= 4 is 11.9 Å². The first-order chi connectivity index (χ1) is 9.62. The fraction of sp³-hybridized carbons (Fsp3) is 0.875. The Morgan fingerprint density at radius 3 is 2.35 bits per heavy atom. The highest BCUT2D eigenvalue weighted by atomic mass is 16.4. The molecule has 1 amide bonds. The number of carbonyl (C=O) groups is 2. The molecule has 4 nitrogen and oxygen atoms in total. The lowest BCUT2D eigenvalue weighted by molar-refractivity contribution is -0.157. The molecule has 2 aliphatic rings. The van der Waals surface area contributed by atoms with E-state index in [0.29, 0.717) is 19.4 Å². The zero-order valence-corrected chi connectivity index (χ0v) is 12.3. The van der Waals surface area contributed by atoms with Crippen LogP contribution in [0.25, 0.3) is 0 Å². The Hall–Kier alpha value is -1.06. The summed E-state index contributed by atoms with van der Waals surface area (Å²) >= 11 is 0. The van der Waals surface area contributed by atoms with Crippen LogP contribution in [0.1, 0.15) is 70.6 Å². The van der Waals surface area contributed by atoms with Crippen molar-refractivity contribution in [2.24, 2.45) is 11.3 Å². The van der Waals surface area contributed by atoms with Crippen molar-refractivity contribution in [1.82, 2.24) is 5.32 Å². The largest absolute Gasteiger partial charge is 0.481 e. The van der Waals surface area contributed by atoms with E-state index in [0.717, 1.165) is 18.8 Å². The lowest BCUT2D eigenvalue weighted by Crippen LogP contribution is -2.42. The van der Waals surface area contributed by atoms with E-state index >= 15 is 0 Å². The van der Waals surface area contributed by atoms with Gasteiger partial charge in [0.25, 0.3) is 0 Å². The lowest BCUT2D eigenvalue weighted by atomic mass is 9.66. The van der Waals surface area contributed by atoms with Gasteiger partial charge in [-0.3, -0.25) is 9.59 Å². The summed E-state index contributed by atoms with van der Waals surface area (Å²) in [6.07, 6.45) is 11.4. The molecule has 2 N–H and O–H groups in total. The average Bonchev–Trinajstić information content (AvgIpc) is 2.40. The van der Waals surface area contributed by atoms with Crippen LogP contribution in [0.5, 0.6) is 0 Å². The molecule has 2 rings (SSSR count). The normalized spacial score (nSPS) is 22.0. The summed E-state index contributed by atoms with van der Waals surface area (Å²) in [6, 6.07) is 0. The van der Waals surface area contributed by atoms with E-state index in [4.69, 9.17) is 0 Å². The highest BCUT2D eigenvalue weighted by Crippen LogP contribution is 2.44. The van der Waals surface area contributed by atoms with Gasteiger partial charge in [0.2, 0.25) is 5.91 Å². The summed E-state index contributed by atoms with van der Waals surface area (Å²) in [5, 5.41) is 12.1. The number of rotatable bonds is 7. The molecule has 20 heavy (non-hydrogen) atoms. The first-order valence-corrected chi connectivity index (χ1v) is 8.12. The van der Waals surface area contributed by atoms with E-state index in [1.807, 2.05) is 0 Å². The van der Waals surface area contributed by atoms with Gasteiger partial charge in [0.15, 0.2) is 0 Å². The summed E-state index contributed by atoms with van der Waals surface area (Å²) in [6.45, 7) is 0.699. The minimum atomic E-state index is -0.805. The maximum absolute atomic E-state index is 11.8. The summed E-state index contributed by atoms with van der Waals surface area (Å²) in [5.74, 6) is -0.0468. The van der Waals surface area contributed by atoms with Gasteiger partial charge in [-0.1, -0.05) is 38.5 Å². The number of aliphatic carboxylic acids is 1. The van der Waals surface area contributed by atoms with E-state index in [2.05, 4.69) is 5.32 Å². The van der Waals surface area contributed by atoms with Crippen molar-refractivity contribution in [2.75, 3.05) is 6.54 Å². The molecule has 2 fully saturated rings. The predicted molar refractivity (Wildman–Crippen MR) is 77.4 cm³/mol. The van der Waals surface area contributed by atoms with Gasteiger partial charge in [-0.2, -0.15) is 0 Å². The van der Waals surface area contributed by atoms with Crippen molar-refractivity contribution in [2.45, 2.75) is 70.6 Å². The first kappa shape index (κ1) is 15.3. The number of carboxylic acid groups (broad SMARTS) is 1. The van der Waals surface area contributed by atoms with E-state index in [1.54, 1.807) is 0 Å². The van der Waals surface area contributed by atoms with Crippen LogP contribution in [0, 0.1) is 11.3 Å². The molecule has 0 saturated heterocycles. The fourth-order valence-corrected chi connectivity index (χ4v) is 3.53. The number of nitrogens with one attached hydrogen (secondary N) is 1. The number of carbonyl (C=O) groups excluding carboxylic acids is 1. The molecule has 0 spiro atoms. The third-order valence-electron chi connectivity index (χ3n) is 5.10. The molecular weight excluding hydrogens is 254 g/mol. The Morgan fingerprint density at radius 1 is 1.10 bits per heavy atom. The fourth-order valence-electron chi connectivity index (χ4n) is 3.53. The van der Waals surface area contributed by atoms with Crippen LogP contribution < -0.4 is 5.32 Å². The minimum Gasteiger partial charge on any atom is -0.481 e. The Balaban J connectivity index is 1.59. The van der Waals surface area contributed by atoms with Crippen LogP contribution in [0.2, 0.25) is 0 Å². The van der Waals surface area contributed by atoms with Crippen LogP contribution in [0.3, 0.4) is 0 Å². The molecule has 0 bridgehead atoms. The smallest absolute Gasteiger partial charge is 0.310 e. The van der Waals surface area contributed by atoms with Crippen molar-refractivity contribution in [3.05, 3.63) is 0 Å². The molecular formula is C16H27NO3. The topological polar surface area (TPSA) is 66.4 Å². The van der Waals surface area contributed by atoms with E-state index < -0.39 is 11.4 Å². The molecule has 0 unspecified atom stereocenters. The summed E-state index contributed by atoms with van der Waals surface area (Å²) in [5.41, 5.74) is -0.756. The summed E-state index contributed by atoms with van der Waals surface area (Å²) < 4.78 is 0. The van der Waals surface area contributed by atoms with Gasteiger partial charge in [0, 0.05) is 13.0 Å². The second-order valence-corrected chi connectivity index (χ2v) is 6.61. The molecule has 0 aromatic heterocycles. The Bertz CT molecular complexity index is 344. The van der Waals surface area contributed by atoms with Crippen LogP contribution in [0.4, 0.5) is 0 Å². The van der Waals surface area contributed by atoms with Crippen molar-refractivity contribution in [1.29, 1.82) is 0 Å². The number of amides is 1. The van der Waals surface area contributed by atoms with Crippen molar-refractivity contribution in [3.8, 4) is 0 Å². The maximum Gasteiger partial charge on any atom is 0.310 e. The zero-order chi connectivity index (χ0) is 14.4. The van der Waals surface area contributed by atoms with Gasteiger partial charge in [-0.15, -0.1) is 0 Å². The van der Waals surface area contributed by atoms with E-state index in [9.17, 15) is 14.7 Å². The van der Waals surface area contributed by atoms with Crippen LogP contribution in [-0.4, -0.2) is 23.5 Å². The van der Waals surface area contributed by atoms with Gasteiger partial charge in [-0.25, -0.2) is 0 Å². The van der Waals surface area contributed by atoms with Crippen molar-refractivity contribution < 1.29 is 14.7 Å². The monoisotopic (exact) mass is 281 g/mol. The lowest BCUT2D eigenvalue weighted by Gasteiger charge is -2.36. The number of carboxylic acids is 1. The first-order valence-electron chi connectivity index (χ1n) is 8.12. The molecule has 0 aromatic carbocycles. The zero-order valence-electron chi connectivity index (χ0n) is 12.3. The standard InChI is InChI=1S/C16H27NO3/c18-14(12-16(15(19)20)9-5-10-16)17-11-4-8-13-6-2-1-3-7-13/h13H,1-12H2,(H,17,18)(H,19,20). The molecule has 0 radical (unpaired) electrons. The predicted octanol–water partition coefficient (Wildman–Crippen LogP) is 3.11. The van der Waals surface area contributed by atoms with Gasteiger partial charge >= 0.3 is 5.97 Å². The minimum absolute atomic E-state index is 0.0873. The Morgan fingerprint density at radius 2 is 1.80 bits per heavy atom. The number of hydrogen-bond donors (Lipinski definition) is 2. The second-order valence-electron chi connectivity index (χ2n) is 6.61.